The van der Waals surface area contributed by atoms with Gasteiger partial charge in [0.1, 0.15) is 0 Å². The number of hydrogen-bond acceptors (Lipinski definition) is 2. The van der Waals surface area contributed by atoms with Gasteiger partial charge in [0.15, 0.2) is 0 Å². The first-order chi connectivity index (χ1) is 10.7. The van der Waals surface area contributed by atoms with E-state index < -0.39 is 0 Å². The lowest BCUT2D eigenvalue weighted by molar-refractivity contribution is -0.181. The van der Waals surface area contributed by atoms with Crippen molar-refractivity contribution >= 4 is 0 Å². The van der Waals surface area contributed by atoms with E-state index in [1.165, 1.54) is 44.9 Å². The van der Waals surface area contributed by atoms with Gasteiger partial charge in [-0.25, -0.2) is 0 Å². The Kier molecular flexibility index (Phi) is 3.39. The van der Waals surface area contributed by atoms with Crippen molar-refractivity contribution in [1.82, 2.24) is 0 Å². The Morgan fingerprint density at radius 2 is 1.22 bits per heavy atom. The second kappa shape index (κ2) is 4.75. The summed E-state index contributed by atoms with van der Waals surface area (Å²) >= 11 is 0. The Labute approximate surface area is 143 Å². The van der Waals surface area contributed by atoms with Crippen LogP contribution in [-0.4, -0.2) is 12.1 Å². The predicted molar refractivity (Wildman–Crippen MR) is 96.9 cm³/mol. The maximum absolute atomic E-state index is 6.49. The highest BCUT2D eigenvalue weighted by Crippen LogP contribution is 2.73. The molecule has 0 aromatic carbocycles. The maximum atomic E-state index is 6.49. The van der Waals surface area contributed by atoms with E-state index >= 15 is 0 Å². The third-order valence-corrected chi connectivity index (χ3v) is 10.2. The molecule has 4 N–H and O–H groups in total. The van der Waals surface area contributed by atoms with Crippen LogP contribution >= 0.6 is 0 Å². The van der Waals surface area contributed by atoms with Crippen LogP contribution < -0.4 is 11.5 Å². The van der Waals surface area contributed by atoms with Crippen molar-refractivity contribution in [3.8, 4) is 0 Å². The van der Waals surface area contributed by atoms with Gasteiger partial charge >= 0.3 is 0 Å². The second-order valence-electron chi connectivity index (χ2n) is 10.8. The SMILES string of the molecule is C[C@@]12CCC[C@@]1(C)[C@@H]1CC[C@@]3(C)CC(N)C(N)C[C@]3(C)[C@H]1CC2. The molecule has 0 saturated heterocycles. The van der Waals surface area contributed by atoms with E-state index in [4.69, 9.17) is 11.5 Å². The van der Waals surface area contributed by atoms with Crippen LogP contribution in [-0.2, 0) is 0 Å². The molecule has 2 heteroatoms. The van der Waals surface area contributed by atoms with Crippen molar-refractivity contribution in [1.29, 1.82) is 0 Å². The summed E-state index contributed by atoms with van der Waals surface area (Å²) in [6.07, 6.45) is 12.4. The fourth-order valence-corrected chi connectivity index (χ4v) is 8.13. The van der Waals surface area contributed by atoms with Crippen molar-refractivity contribution in [2.75, 3.05) is 0 Å². The van der Waals surface area contributed by atoms with Crippen LogP contribution in [0.15, 0.2) is 0 Å². The minimum absolute atomic E-state index is 0.205. The fraction of sp³-hybridized carbons (Fsp3) is 1.00. The molecule has 0 aliphatic heterocycles. The third-order valence-electron chi connectivity index (χ3n) is 10.2. The number of fused-ring (bicyclic) bond motifs is 5. The highest BCUT2D eigenvalue weighted by molar-refractivity contribution is 5.16. The first-order valence-corrected chi connectivity index (χ1v) is 10.2. The van der Waals surface area contributed by atoms with E-state index in [-0.39, 0.29) is 12.1 Å². The largest absolute Gasteiger partial charge is 0.326 e. The van der Waals surface area contributed by atoms with Gasteiger partial charge in [-0.05, 0) is 84.9 Å². The molecule has 0 spiro atoms. The zero-order valence-corrected chi connectivity index (χ0v) is 15.8. The number of hydrogen-bond donors (Lipinski definition) is 2. The van der Waals surface area contributed by atoms with Crippen molar-refractivity contribution in [2.45, 2.75) is 97.6 Å². The summed E-state index contributed by atoms with van der Waals surface area (Å²) < 4.78 is 0. The van der Waals surface area contributed by atoms with E-state index in [2.05, 4.69) is 27.7 Å². The topological polar surface area (TPSA) is 52.0 Å². The molecule has 2 nitrogen and oxygen atoms in total. The van der Waals surface area contributed by atoms with Gasteiger partial charge in [-0.3, -0.25) is 0 Å². The smallest absolute Gasteiger partial charge is 0.0198 e. The average Bonchev–Trinajstić information content (AvgIpc) is 2.78. The molecule has 0 bridgehead atoms. The molecular formula is C21H38N2. The maximum Gasteiger partial charge on any atom is 0.0198 e. The molecule has 0 amide bonds. The fourth-order valence-electron chi connectivity index (χ4n) is 8.13. The Morgan fingerprint density at radius 1 is 0.652 bits per heavy atom. The van der Waals surface area contributed by atoms with Crippen LogP contribution in [0, 0.1) is 33.5 Å². The van der Waals surface area contributed by atoms with E-state index in [9.17, 15) is 0 Å². The van der Waals surface area contributed by atoms with Gasteiger partial charge in [0.25, 0.3) is 0 Å². The van der Waals surface area contributed by atoms with Gasteiger partial charge < -0.3 is 11.5 Å². The van der Waals surface area contributed by atoms with E-state index in [0.29, 0.717) is 21.7 Å². The number of nitrogens with two attached hydrogens (primary N) is 2. The molecule has 0 heterocycles. The van der Waals surface area contributed by atoms with E-state index in [0.717, 1.165) is 24.7 Å². The molecule has 4 aliphatic carbocycles. The van der Waals surface area contributed by atoms with Crippen LogP contribution in [0.25, 0.3) is 0 Å². The minimum Gasteiger partial charge on any atom is -0.326 e. The van der Waals surface area contributed by atoms with E-state index in [1.807, 2.05) is 0 Å². The molecule has 4 saturated carbocycles. The van der Waals surface area contributed by atoms with Gasteiger partial charge in [-0.1, -0.05) is 34.1 Å². The standard InChI is InChI=1S/C21H38N2/c1-18-8-5-9-20(18,3)14-7-11-19(2)12-16(22)17(23)13-21(19,4)15(14)6-10-18/h14-17H,5-13,22-23H2,1-4H3/t14-,15+,16?,17?,18+,19+,20+,21-/m1/s1. The normalized spacial score (nSPS) is 62.3. The van der Waals surface area contributed by atoms with Crippen molar-refractivity contribution in [3.05, 3.63) is 0 Å². The van der Waals surface area contributed by atoms with Crippen molar-refractivity contribution < 1.29 is 0 Å². The van der Waals surface area contributed by atoms with Crippen LogP contribution in [0.1, 0.15) is 85.5 Å². The van der Waals surface area contributed by atoms with Crippen LogP contribution in [0.3, 0.4) is 0 Å². The molecule has 132 valence electrons. The number of rotatable bonds is 0. The molecule has 4 rings (SSSR count). The zero-order chi connectivity index (χ0) is 16.7. The minimum atomic E-state index is 0.205. The Hall–Kier alpha value is -0.0800. The molecule has 4 aliphatic rings. The summed E-state index contributed by atoms with van der Waals surface area (Å²) in [5, 5.41) is 0. The molecule has 0 aromatic heterocycles. The summed E-state index contributed by atoms with van der Waals surface area (Å²) in [6, 6.07) is 0.414. The highest BCUT2D eigenvalue weighted by atomic mass is 14.8. The molecule has 0 radical (unpaired) electrons. The van der Waals surface area contributed by atoms with Crippen LogP contribution in [0.4, 0.5) is 0 Å². The molecule has 23 heavy (non-hydrogen) atoms. The second-order valence-corrected chi connectivity index (χ2v) is 10.8. The lowest BCUT2D eigenvalue weighted by atomic mass is 9.37. The summed E-state index contributed by atoms with van der Waals surface area (Å²) in [4.78, 5) is 0. The van der Waals surface area contributed by atoms with Crippen molar-refractivity contribution in [2.24, 2.45) is 45.0 Å². The quantitative estimate of drug-likeness (QED) is 0.692. The van der Waals surface area contributed by atoms with Gasteiger partial charge in [0, 0.05) is 12.1 Å². The summed E-state index contributed by atoms with van der Waals surface area (Å²) in [6.45, 7) is 10.4. The summed E-state index contributed by atoms with van der Waals surface area (Å²) in [5.74, 6) is 1.79. The van der Waals surface area contributed by atoms with Crippen LogP contribution in [0.5, 0.6) is 0 Å². The Morgan fingerprint density at radius 3 is 1.91 bits per heavy atom. The Bertz CT molecular complexity index is 504. The molecule has 2 unspecified atom stereocenters. The zero-order valence-electron chi connectivity index (χ0n) is 15.8. The van der Waals surface area contributed by atoms with E-state index in [1.54, 1.807) is 0 Å². The lowest BCUT2D eigenvalue weighted by Gasteiger charge is -2.68. The molecule has 0 aromatic rings. The third kappa shape index (κ3) is 1.89. The van der Waals surface area contributed by atoms with Crippen molar-refractivity contribution in [3.63, 3.8) is 0 Å². The van der Waals surface area contributed by atoms with Crippen LogP contribution in [0.2, 0.25) is 0 Å². The predicted octanol–water partition coefficient (Wildman–Crippen LogP) is 4.46. The molecular weight excluding hydrogens is 280 g/mol. The first-order valence-electron chi connectivity index (χ1n) is 10.2. The van der Waals surface area contributed by atoms with Gasteiger partial charge in [0.2, 0.25) is 0 Å². The Balaban J connectivity index is 1.73. The first kappa shape index (κ1) is 16.4. The highest BCUT2D eigenvalue weighted by Gasteiger charge is 2.66. The summed E-state index contributed by atoms with van der Waals surface area (Å²) in [5.41, 5.74) is 14.9. The van der Waals surface area contributed by atoms with Gasteiger partial charge in [-0.2, -0.15) is 0 Å². The molecule has 4 fully saturated rings. The molecule has 8 atom stereocenters. The van der Waals surface area contributed by atoms with Gasteiger partial charge in [-0.15, -0.1) is 0 Å². The van der Waals surface area contributed by atoms with Gasteiger partial charge in [0.05, 0.1) is 0 Å². The summed E-state index contributed by atoms with van der Waals surface area (Å²) in [7, 11) is 0. The monoisotopic (exact) mass is 318 g/mol. The average molecular weight is 319 g/mol. The lowest BCUT2D eigenvalue weighted by Crippen LogP contribution is -2.65.